The summed E-state index contributed by atoms with van der Waals surface area (Å²) in [5.41, 5.74) is 3.54. The van der Waals surface area contributed by atoms with Crippen molar-refractivity contribution in [3.05, 3.63) is 95.1 Å². The summed E-state index contributed by atoms with van der Waals surface area (Å²) in [6.07, 6.45) is 0.675. The second-order valence-electron chi connectivity index (χ2n) is 8.22. The molecule has 7 heteroatoms. The molecule has 0 heterocycles. The molecule has 0 aliphatic rings. The van der Waals surface area contributed by atoms with Gasteiger partial charge in [-0.1, -0.05) is 53.7 Å². The average Bonchev–Trinajstić information content (AvgIpc) is 2.86. The predicted molar refractivity (Wildman–Crippen MR) is 134 cm³/mol. The smallest absolute Gasteiger partial charge is 0.333 e. The molecule has 3 aromatic carbocycles. The Bertz CT molecular complexity index is 1100. The van der Waals surface area contributed by atoms with E-state index < -0.39 is 12.1 Å². The van der Waals surface area contributed by atoms with Crippen LogP contribution in [-0.2, 0) is 34.0 Å². The molecule has 0 aliphatic carbocycles. The predicted octanol–water partition coefficient (Wildman–Crippen LogP) is 5.25. The minimum absolute atomic E-state index is 0.187. The SMILES string of the molecule is COc1ccc(CC(OC(C)C)C(=O)O)cc1/C=N/OCc1ccc(OCc2ccccc2)cc1. The van der Waals surface area contributed by atoms with Crippen molar-refractivity contribution >= 4 is 12.2 Å². The van der Waals surface area contributed by atoms with Gasteiger partial charge < -0.3 is 24.2 Å². The lowest BCUT2D eigenvalue weighted by atomic mass is 10.0. The Hall–Kier alpha value is -3.84. The molecule has 1 atom stereocenters. The first-order valence-corrected chi connectivity index (χ1v) is 11.4. The minimum atomic E-state index is -0.996. The number of methoxy groups -OCH3 is 1. The summed E-state index contributed by atoms with van der Waals surface area (Å²) in [4.78, 5) is 17.0. The minimum Gasteiger partial charge on any atom is -0.496 e. The number of aliphatic carboxylic acids is 1. The number of rotatable bonds is 13. The highest BCUT2D eigenvalue weighted by atomic mass is 16.6. The summed E-state index contributed by atoms with van der Waals surface area (Å²) in [7, 11) is 1.57. The van der Waals surface area contributed by atoms with E-state index in [1.165, 1.54) is 0 Å². The number of hydrogen-bond donors (Lipinski definition) is 1. The molecule has 7 nitrogen and oxygen atoms in total. The van der Waals surface area contributed by atoms with E-state index >= 15 is 0 Å². The number of ether oxygens (including phenoxy) is 3. The van der Waals surface area contributed by atoms with Crippen LogP contribution in [0, 0.1) is 0 Å². The quantitative estimate of drug-likeness (QED) is 0.267. The molecule has 0 saturated heterocycles. The second-order valence-corrected chi connectivity index (χ2v) is 8.22. The highest BCUT2D eigenvalue weighted by Crippen LogP contribution is 2.20. The zero-order valence-corrected chi connectivity index (χ0v) is 20.2. The van der Waals surface area contributed by atoms with Gasteiger partial charge in [-0.25, -0.2) is 4.79 Å². The van der Waals surface area contributed by atoms with Crippen molar-refractivity contribution in [3.63, 3.8) is 0 Å². The van der Waals surface area contributed by atoms with E-state index in [9.17, 15) is 9.90 Å². The van der Waals surface area contributed by atoms with Gasteiger partial charge >= 0.3 is 5.97 Å². The van der Waals surface area contributed by atoms with Crippen LogP contribution in [0.15, 0.2) is 78.0 Å². The van der Waals surface area contributed by atoms with Crippen LogP contribution < -0.4 is 9.47 Å². The Morgan fingerprint density at radius 3 is 2.29 bits per heavy atom. The molecule has 1 unspecified atom stereocenters. The molecule has 0 aliphatic heterocycles. The zero-order valence-electron chi connectivity index (χ0n) is 20.2. The average molecular weight is 478 g/mol. The maximum absolute atomic E-state index is 11.5. The van der Waals surface area contributed by atoms with Crippen LogP contribution in [0.1, 0.15) is 36.1 Å². The van der Waals surface area contributed by atoms with E-state index in [1.807, 2.05) is 80.6 Å². The van der Waals surface area contributed by atoms with Gasteiger partial charge in [0.05, 0.1) is 19.4 Å². The Morgan fingerprint density at radius 1 is 0.943 bits per heavy atom. The summed E-state index contributed by atoms with van der Waals surface area (Å²) in [6.45, 7) is 4.43. The molecule has 3 aromatic rings. The molecule has 0 bridgehead atoms. The van der Waals surface area contributed by atoms with Gasteiger partial charge in [-0.2, -0.15) is 0 Å². The molecular formula is C28H31NO6. The van der Waals surface area contributed by atoms with Gasteiger partial charge in [-0.15, -0.1) is 0 Å². The van der Waals surface area contributed by atoms with Crippen molar-refractivity contribution in [1.82, 2.24) is 0 Å². The van der Waals surface area contributed by atoms with E-state index in [-0.39, 0.29) is 12.5 Å². The van der Waals surface area contributed by atoms with Crippen molar-refractivity contribution in [3.8, 4) is 11.5 Å². The lowest BCUT2D eigenvalue weighted by Gasteiger charge is -2.17. The van der Waals surface area contributed by atoms with Crippen molar-refractivity contribution in [1.29, 1.82) is 0 Å². The number of carboxylic acids is 1. The van der Waals surface area contributed by atoms with Crippen LogP contribution in [0.4, 0.5) is 0 Å². The monoisotopic (exact) mass is 477 g/mol. The summed E-state index contributed by atoms with van der Waals surface area (Å²) in [5, 5.41) is 13.5. The van der Waals surface area contributed by atoms with Crippen molar-refractivity contribution in [2.75, 3.05) is 7.11 Å². The molecule has 1 N–H and O–H groups in total. The largest absolute Gasteiger partial charge is 0.496 e. The van der Waals surface area contributed by atoms with Gasteiger partial charge in [0.1, 0.15) is 24.7 Å². The van der Waals surface area contributed by atoms with Gasteiger partial charge in [-0.3, -0.25) is 0 Å². The standard InChI is InChI=1S/C28H31NO6/c1-20(2)35-27(28(30)31)16-23-11-14-26(32-3)24(15-23)17-29-34-19-22-9-12-25(13-10-22)33-18-21-7-5-4-6-8-21/h4-15,17,20,27H,16,18-19H2,1-3H3,(H,30,31)/b29-17+. The number of carbonyl (C=O) groups is 1. The maximum atomic E-state index is 11.5. The maximum Gasteiger partial charge on any atom is 0.333 e. The molecule has 0 spiro atoms. The molecule has 0 amide bonds. The number of hydrogen-bond acceptors (Lipinski definition) is 6. The third kappa shape index (κ3) is 8.46. The topological polar surface area (TPSA) is 86.6 Å². The zero-order chi connectivity index (χ0) is 25.0. The van der Waals surface area contributed by atoms with Gasteiger partial charge in [0.25, 0.3) is 0 Å². The fourth-order valence-electron chi connectivity index (χ4n) is 3.38. The van der Waals surface area contributed by atoms with Crippen LogP contribution in [0.2, 0.25) is 0 Å². The number of oxime groups is 1. The highest BCUT2D eigenvalue weighted by molar-refractivity contribution is 5.83. The number of benzene rings is 3. The van der Waals surface area contributed by atoms with E-state index in [4.69, 9.17) is 19.0 Å². The van der Waals surface area contributed by atoms with Gasteiger partial charge in [0.15, 0.2) is 6.10 Å². The molecule has 0 fully saturated rings. The molecule has 184 valence electrons. The van der Waals surface area contributed by atoms with Crippen molar-refractivity contribution in [2.24, 2.45) is 5.16 Å². The number of carboxylic acid groups (broad SMARTS) is 1. The fourth-order valence-corrected chi connectivity index (χ4v) is 3.38. The summed E-state index contributed by atoms with van der Waals surface area (Å²) < 4.78 is 16.7. The molecule has 0 saturated carbocycles. The molecule has 0 aromatic heterocycles. The van der Waals surface area contributed by atoms with E-state index in [0.29, 0.717) is 24.5 Å². The number of nitrogens with zero attached hydrogens (tertiary/aromatic N) is 1. The van der Waals surface area contributed by atoms with Gasteiger partial charge in [0, 0.05) is 12.0 Å². The van der Waals surface area contributed by atoms with Gasteiger partial charge in [0.2, 0.25) is 0 Å². The van der Waals surface area contributed by atoms with Crippen LogP contribution in [0.25, 0.3) is 0 Å². The van der Waals surface area contributed by atoms with Crippen molar-refractivity contribution in [2.45, 2.75) is 45.7 Å². The van der Waals surface area contributed by atoms with Crippen LogP contribution in [0.3, 0.4) is 0 Å². The summed E-state index contributed by atoms with van der Waals surface area (Å²) in [6, 6.07) is 23.1. The van der Waals surface area contributed by atoms with Crippen LogP contribution in [0.5, 0.6) is 11.5 Å². The van der Waals surface area contributed by atoms with Crippen LogP contribution >= 0.6 is 0 Å². The normalized spacial score (nSPS) is 12.0. The highest BCUT2D eigenvalue weighted by Gasteiger charge is 2.20. The lowest BCUT2D eigenvalue weighted by molar-refractivity contribution is -0.153. The third-order valence-electron chi connectivity index (χ3n) is 5.10. The molecule has 0 radical (unpaired) electrons. The Balaban J connectivity index is 1.55. The fraction of sp³-hybridized carbons (Fsp3) is 0.286. The third-order valence-corrected chi connectivity index (χ3v) is 5.10. The van der Waals surface area contributed by atoms with Crippen molar-refractivity contribution < 1.29 is 28.9 Å². The van der Waals surface area contributed by atoms with E-state index in [1.54, 1.807) is 19.4 Å². The first-order valence-electron chi connectivity index (χ1n) is 11.4. The molecular weight excluding hydrogens is 446 g/mol. The Morgan fingerprint density at radius 2 is 1.63 bits per heavy atom. The first kappa shape index (κ1) is 25.8. The summed E-state index contributed by atoms with van der Waals surface area (Å²) >= 11 is 0. The second kappa shape index (κ2) is 13.2. The van der Waals surface area contributed by atoms with E-state index in [0.717, 1.165) is 22.4 Å². The Kier molecular flexibility index (Phi) is 9.69. The first-order chi connectivity index (χ1) is 16.9. The van der Waals surface area contributed by atoms with Crippen LogP contribution in [-0.4, -0.2) is 36.6 Å². The summed E-state index contributed by atoms with van der Waals surface area (Å²) in [5.74, 6) is 0.394. The van der Waals surface area contributed by atoms with Gasteiger partial charge in [-0.05, 0) is 54.8 Å². The molecule has 35 heavy (non-hydrogen) atoms. The van der Waals surface area contributed by atoms with E-state index in [2.05, 4.69) is 5.16 Å². The molecule has 3 rings (SSSR count). The Labute approximate surface area is 205 Å². The lowest BCUT2D eigenvalue weighted by Crippen LogP contribution is -2.29.